The second-order valence-corrected chi connectivity index (χ2v) is 6.88. The van der Waals surface area contributed by atoms with Gasteiger partial charge in [0.1, 0.15) is 10.7 Å². The van der Waals surface area contributed by atoms with Gasteiger partial charge >= 0.3 is 5.97 Å². The number of aromatic nitrogens is 1. The minimum absolute atomic E-state index is 0.248. The molecule has 0 radical (unpaired) electrons. The molecule has 1 heterocycles. The summed E-state index contributed by atoms with van der Waals surface area (Å²) in [5.74, 6) is -1.44. The van der Waals surface area contributed by atoms with Gasteiger partial charge < -0.3 is 10.4 Å². The van der Waals surface area contributed by atoms with Crippen molar-refractivity contribution in [1.82, 2.24) is 10.3 Å². The molecule has 7 heteroatoms. The molecule has 0 spiro atoms. The Morgan fingerprint density at radius 1 is 1.15 bits per heavy atom. The van der Waals surface area contributed by atoms with Crippen LogP contribution in [0.15, 0.2) is 60.0 Å². The maximum absolute atomic E-state index is 12.5. The highest BCUT2D eigenvalue weighted by molar-refractivity contribution is 7.13. The van der Waals surface area contributed by atoms with E-state index in [1.165, 1.54) is 11.3 Å². The van der Waals surface area contributed by atoms with E-state index in [-0.39, 0.29) is 12.1 Å². The number of thiazole rings is 1. The van der Waals surface area contributed by atoms with Gasteiger partial charge in [-0.1, -0.05) is 54.1 Å². The molecule has 0 saturated carbocycles. The van der Waals surface area contributed by atoms with E-state index in [9.17, 15) is 9.59 Å². The van der Waals surface area contributed by atoms with E-state index in [2.05, 4.69) is 10.3 Å². The molecule has 3 rings (SSSR count). The zero-order valence-corrected chi connectivity index (χ0v) is 15.1. The number of carbonyl (C=O) groups excluding carboxylic acids is 1. The van der Waals surface area contributed by atoms with Gasteiger partial charge in [0.15, 0.2) is 0 Å². The number of amides is 1. The van der Waals surface area contributed by atoms with Crippen LogP contribution in [-0.4, -0.2) is 22.0 Å². The van der Waals surface area contributed by atoms with Crippen LogP contribution in [0.4, 0.5) is 0 Å². The molecule has 1 atom stereocenters. The Kier molecular flexibility index (Phi) is 5.65. The normalized spacial score (nSPS) is 11.7. The van der Waals surface area contributed by atoms with Crippen LogP contribution in [0.1, 0.15) is 28.5 Å². The number of carboxylic acid groups (broad SMARTS) is 1. The summed E-state index contributed by atoms with van der Waals surface area (Å²) < 4.78 is 0. The smallest absolute Gasteiger partial charge is 0.305 e. The molecule has 0 aliphatic rings. The van der Waals surface area contributed by atoms with Crippen LogP contribution >= 0.6 is 22.9 Å². The van der Waals surface area contributed by atoms with Crippen molar-refractivity contribution in [2.45, 2.75) is 12.5 Å². The lowest BCUT2D eigenvalue weighted by Gasteiger charge is -2.17. The van der Waals surface area contributed by atoms with Crippen LogP contribution in [0, 0.1) is 0 Å². The number of carbonyl (C=O) groups is 2. The van der Waals surface area contributed by atoms with Crippen LogP contribution in [0.2, 0.25) is 5.02 Å². The van der Waals surface area contributed by atoms with Crippen molar-refractivity contribution in [1.29, 1.82) is 0 Å². The van der Waals surface area contributed by atoms with Crippen LogP contribution in [0.25, 0.3) is 10.6 Å². The minimum Gasteiger partial charge on any atom is -0.481 e. The highest BCUT2D eigenvalue weighted by Crippen LogP contribution is 2.25. The fraction of sp³-hybridized carbons (Fsp3) is 0.105. The van der Waals surface area contributed by atoms with Crippen molar-refractivity contribution < 1.29 is 14.7 Å². The monoisotopic (exact) mass is 386 g/mol. The number of benzene rings is 2. The number of aliphatic carboxylic acids is 1. The molecule has 0 unspecified atom stereocenters. The van der Waals surface area contributed by atoms with E-state index in [4.69, 9.17) is 16.7 Å². The number of carboxylic acids is 1. The molecule has 0 bridgehead atoms. The van der Waals surface area contributed by atoms with Crippen LogP contribution in [-0.2, 0) is 4.79 Å². The van der Waals surface area contributed by atoms with Gasteiger partial charge in [0, 0.05) is 16.0 Å². The quantitative estimate of drug-likeness (QED) is 0.657. The lowest BCUT2D eigenvalue weighted by molar-refractivity contribution is -0.137. The van der Waals surface area contributed by atoms with Crippen LogP contribution in [0.5, 0.6) is 0 Å². The van der Waals surface area contributed by atoms with Gasteiger partial charge in [-0.3, -0.25) is 9.59 Å². The first kappa shape index (κ1) is 18.1. The molecule has 0 aliphatic heterocycles. The molecule has 5 nitrogen and oxygen atoms in total. The molecule has 3 aromatic rings. The highest BCUT2D eigenvalue weighted by atomic mass is 35.5. The second-order valence-electron chi connectivity index (χ2n) is 5.58. The molecule has 2 N–H and O–H groups in total. The zero-order valence-electron chi connectivity index (χ0n) is 13.6. The van der Waals surface area contributed by atoms with Gasteiger partial charge in [0.2, 0.25) is 0 Å². The fourth-order valence-electron chi connectivity index (χ4n) is 2.47. The first-order valence-corrected chi connectivity index (χ1v) is 9.08. The highest BCUT2D eigenvalue weighted by Gasteiger charge is 2.21. The third-order valence-corrected chi connectivity index (χ3v) is 4.82. The van der Waals surface area contributed by atoms with Gasteiger partial charge in [0.25, 0.3) is 5.91 Å². The lowest BCUT2D eigenvalue weighted by Crippen LogP contribution is -2.30. The predicted molar refractivity (Wildman–Crippen MR) is 101 cm³/mol. The molecule has 132 valence electrons. The number of nitrogens with zero attached hydrogens (tertiary/aromatic N) is 1. The Morgan fingerprint density at radius 2 is 1.92 bits per heavy atom. The van der Waals surface area contributed by atoms with Crippen molar-refractivity contribution in [2.75, 3.05) is 0 Å². The Bertz CT molecular complexity index is 927. The number of hydrogen-bond acceptors (Lipinski definition) is 4. The fourth-order valence-corrected chi connectivity index (χ4v) is 3.48. The summed E-state index contributed by atoms with van der Waals surface area (Å²) >= 11 is 7.34. The number of rotatable bonds is 6. The summed E-state index contributed by atoms with van der Waals surface area (Å²) in [6.45, 7) is 0. The molecule has 0 saturated heterocycles. The largest absolute Gasteiger partial charge is 0.481 e. The van der Waals surface area contributed by atoms with Crippen molar-refractivity contribution in [2.24, 2.45) is 0 Å². The molecule has 1 amide bonds. The van der Waals surface area contributed by atoms with Gasteiger partial charge in [-0.25, -0.2) is 4.98 Å². The predicted octanol–water partition coefficient (Wildman–Crippen LogP) is 4.41. The van der Waals surface area contributed by atoms with Crippen molar-refractivity contribution in [3.8, 4) is 10.6 Å². The Balaban J connectivity index is 1.80. The summed E-state index contributed by atoms with van der Waals surface area (Å²) in [6, 6.07) is 15.6. The van der Waals surface area contributed by atoms with E-state index < -0.39 is 17.9 Å². The second kappa shape index (κ2) is 8.12. The third kappa shape index (κ3) is 4.47. The van der Waals surface area contributed by atoms with E-state index in [1.54, 1.807) is 29.6 Å². The minimum atomic E-state index is -1.02. The summed E-state index contributed by atoms with van der Waals surface area (Å²) in [7, 11) is 0. The Hall–Kier alpha value is -2.70. The van der Waals surface area contributed by atoms with E-state index in [1.807, 2.05) is 30.3 Å². The zero-order chi connectivity index (χ0) is 18.5. The van der Waals surface area contributed by atoms with Gasteiger partial charge in [-0.15, -0.1) is 11.3 Å². The van der Waals surface area contributed by atoms with Crippen molar-refractivity contribution in [3.63, 3.8) is 0 Å². The summed E-state index contributed by atoms with van der Waals surface area (Å²) in [4.78, 5) is 28.1. The van der Waals surface area contributed by atoms with E-state index in [0.29, 0.717) is 10.6 Å². The van der Waals surface area contributed by atoms with Gasteiger partial charge in [-0.2, -0.15) is 0 Å². The maximum Gasteiger partial charge on any atom is 0.305 e. The maximum atomic E-state index is 12.5. The summed E-state index contributed by atoms with van der Waals surface area (Å²) in [5.41, 5.74) is 1.81. The van der Waals surface area contributed by atoms with Crippen molar-refractivity contribution >= 4 is 34.8 Å². The number of nitrogens with one attached hydrogen (secondary N) is 1. The molecule has 26 heavy (non-hydrogen) atoms. The topological polar surface area (TPSA) is 79.3 Å². The van der Waals surface area contributed by atoms with Crippen LogP contribution in [0.3, 0.4) is 0 Å². The van der Waals surface area contributed by atoms with E-state index >= 15 is 0 Å². The molecule has 0 aliphatic carbocycles. The average molecular weight is 387 g/mol. The summed E-state index contributed by atoms with van der Waals surface area (Å²) in [6.07, 6.45) is -0.248. The average Bonchev–Trinajstić information content (AvgIpc) is 3.12. The standard InChI is InChI=1S/C19H15ClN2O3S/c20-14-8-4-7-13(9-14)15(10-17(23)24)21-18(25)16-11-26-19(22-16)12-5-2-1-3-6-12/h1-9,11,15H,10H2,(H,21,25)(H,23,24)/t15-/m0/s1. The van der Waals surface area contributed by atoms with Crippen LogP contribution < -0.4 is 5.32 Å². The molecule has 0 fully saturated rings. The first-order chi connectivity index (χ1) is 12.5. The Labute approximate surface area is 159 Å². The number of hydrogen-bond donors (Lipinski definition) is 2. The van der Waals surface area contributed by atoms with E-state index in [0.717, 1.165) is 10.6 Å². The molecular formula is C19H15ClN2O3S. The van der Waals surface area contributed by atoms with Gasteiger partial charge in [-0.05, 0) is 17.7 Å². The Morgan fingerprint density at radius 3 is 2.62 bits per heavy atom. The van der Waals surface area contributed by atoms with Gasteiger partial charge in [0.05, 0.1) is 12.5 Å². The first-order valence-electron chi connectivity index (χ1n) is 7.82. The lowest BCUT2D eigenvalue weighted by atomic mass is 10.0. The SMILES string of the molecule is O=C(O)C[C@H](NC(=O)c1csc(-c2ccccc2)n1)c1cccc(Cl)c1. The third-order valence-electron chi connectivity index (χ3n) is 3.69. The molecular weight excluding hydrogens is 372 g/mol. The summed E-state index contributed by atoms with van der Waals surface area (Å²) in [5, 5.41) is 14.8. The molecule has 1 aromatic heterocycles. The number of halogens is 1. The molecule has 2 aromatic carbocycles. The van der Waals surface area contributed by atoms with Crippen molar-refractivity contribution in [3.05, 3.63) is 76.3 Å².